The van der Waals surface area contributed by atoms with Gasteiger partial charge in [-0.2, -0.15) is 0 Å². The molecule has 1 N–H and O–H groups in total. The summed E-state index contributed by atoms with van der Waals surface area (Å²) in [7, 11) is 3.98. The molecule has 0 saturated heterocycles. The molecule has 4 heteroatoms. The van der Waals surface area contributed by atoms with E-state index in [2.05, 4.69) is 5.32 Å². The molecule has 21 heavy (non-hydrogen) atoms. The first-order chi connectivity index (χ1) is 10.1. The molecule has 0 radical (unpaired) electrons. The SMILES string of the molecule is CN(C)c1ccc(C=C2Oc3ccccc3NC2=O)cc1. The van der Waals surface area contributed by atoms with Crippen LogP contribution in [0.25, 0.3) is 6.08 Å². The zero-order valence-electron chi connectivity index (χ0n) is 12.0. The highest BCUT2D eigenvalue weighted by Gasteiger charge is 2.21. The number of fused-ring (bicyclic) bond motifs is 1. The van der Waals surface area contributed by atoms with Gasteiger partial charge < -0.3 is 15.0 Å². The highest BCUT2D eigenvalue weighted by atomic mass is 16.5. The van der Waals surface area contributed by atoms with E-state index in [1.54, 1.807) is 6.08 Å². The molecule has 0 saturated carbocycles. The predicted molar refractivity (Wildman–Crippen MR) is 84.4 cm³/mol. The summed E-state index contributed by atoms with van der Waals surface area (Å²) < 4.78 is 5.66. The number of ether oxygens (including phenoxy) is 1. The minimum absolute atomic E-state index is 0.231. The van der Waals surface area contributed by atoms with Crippen molar-refractivity contribution in [2.75, 3.05) is 24.3 Å². The third kappa shape index (κ3) is 2.74. The zero-order chi connectivity index (χ0) is 14.8. The first kappa shape index (κ1) is 13.2. The molecule has 1 aliphatic rings. The zero-order valence-corrected chi connectivity index (χ0v) is 12.0. The van der Waals surface area contributed by atoms with Gasteiger partial charge in [-0.1, -0.05) is 24.3 Å². The molecule has 2 aromatic carbocycles. The van der Waals surface area contributed by atoms with Gasteiger partial charge in [-0.3, -0.25) is 4.79 Å². The maximum absolute atomic E-state index is 12.0. The average Bonchev–Trinajstić information content (AvgIpc) is 2.48. The fourth-order valence-electron chi connectivity index (χ4n) is 2.12. The van der Waals surface area contributed by atoms with Gasteiger partial charge in [0.15, 0.2) is 11.5 Å². The van der Waals surface area contributed by atoms with Crippen molar-refractivity contribution in [3.63, 3.8) is 0 Å². The molecule has 1 aliphatic heterocycles. The van der Waals surface area contributed by atoms with Crippen molar-refractivity contribution >= 4 is 23.4 Å². The van der Waals surface area contributed by atoms with Gasteiger partial charge in [-0.25, -0.2) is 0 Å². The van der Waals surface area contributed by atoms with E-state index in [0.717, 1.165) is 11.3 Å². The molecule has 0 aromatic heterocycles. The molecule has 1 amide bonds. The maximum atomic E-state index is 12.0. The van der Waals surface area contributed by atoms with Crippen molar-refractivity contribution in [1.29, 1.82) is 0 Å². The normalized spacial score (nSPS) is 15.1. The molecule has 0 bridgehead atoms. The van der Waals surface area contributed by atoms with Crippen molar-refractivity contribution in [2.45, 2.75) is 0 Å². The van der Waals surface area contributed by atoms with E-state index in [0.29, 0.717) is 17.2 Å². The Kier molecular flexibility index (Phi) is 3.36. The molecule has 0 atom stereocenters. The smallest absolute Gasteiger partial charge is 0.291 e. The minimum atomic E-state index is -0.231. The van der Waals surface area contributed by atoms with E-state index < -0.39 is 0 Å². The largest absolute Gasteiger partial charge is 0.449 e. The number of nitrogens with zero attached hydrogens (tertiary/aromatic N) is 1. The Hall–Kier alpha value is -2.75. The van der Waals surface area contributed by atoms with Gasteiger partial charge >= 0.3 is 0 Å². The second kappa shape index (κ2) is 5.32. The van der Waals surface area contributed by atoms with Gasteiger partial charge in [0.25, 0.3) is 5.91 Å². The summed E-state index contributed by atoms with van der Waals surface area (Å²) >= 11 is 0. The molecule has 0 aliphatic carbocycles. The van der Waals surface area contributed by atoms with Crippen LogP contribution in [0.5, 0.6) is 5.75 Å². The average molecular weight is 280 g/mol. The van der Waals surface area contributed by atoms with Crippen LogP contribution < -0.4 is 15.0 Å². The lowest BCUT2D eigenvalue weighted by Crippen LogP contribution is -2.23. The summed E-state index contributed by atoms with van der Waals surface area (Å²) in [4.78, 5) is 14.0. The Morgan fingerprint density at radius 3 is 2.48 bits per heavy atom. The van der Waals surface area contributed by atoms with Gasteiger partial charge in [0.1, 0.15) is 0 Å². The molecular formula is C17H16N2O2. The molecule has 0 unspecified atom stereocenters. The Labute approximate surface area is 123 Å². The van der Waals surface area contributed by atoms with Crippen LogP contribution in [0.4, 0.5) is 11.4 Å². The molecule has 106 valence electrons. The van der Waals surface area contributed by atoms with Crippen LogP contribution in [0, 0.1) is 0 Å². The first-order valence-electron chi connectivity index (χ1n) is 6.71. The van der Waals surface area contributed by atoms with E-state index in [1.165, 1.54) is 0 Å². The maximum Gasteiger partial charge on any atom is 0.291 e. The fourth-order valence-corrected chi connectivity index (χ4v) is 2.12. The minimum Gasteiger partial charge on any atom is -0.449 e. The predicted octanol–water partition coefficient (Wildman–Crippen LogP) is 3.12. The number of para-hydroxylation sites is 2. The Bertz CT molecular complexity index is 703. The Balaban J connectivity index is 1.88. The Morgan fingerprint density at radius 1 is 1.05 bits per heavy atom. The third-order valence-corrected chi connectivity index (χ3v) is 3.29. The van der Waals surface area contributed by atoms with Crippen LogP contribution in [0.15, 0.2) is 54.3 Å². The summed E-state index contributed by atoms with van der Waals surface area (Å²) in [6.07, 6.45) is 1.74. The van der Waals surface area contributed by atoms with Crippen LogP contribution in [0.2, 0.25) is 0 Å². The van der Waals surface area contributed by atoms with Crippen LogP contribution >= 0.6 is 0 Å². The van der Waals surface area contributed by atoms with E-state index >= 15 is 0 Å². The number of carbonyl (C=O) groups is 1. The number of rotatable bonds is 2. The molecule has 0 fully saturated rings. The van der Waals surface area contributed by atoms with E-state index in [-0.39, 0.29) is 5.91 Å². The summed E-state index contributed by atoms with van der Waals surface area (Å²) in [6, 6.07) is 15.3. The van der Waals surface area contributed by atoms with Gasteiger partial charge in [0, 0.05) is 19.8 Å². The van der Waals surface area contributed by atoms with Crippen molar-refractivity contribution in [3.05, 3.63) is 59.9 Å². The number of benzene rings is 2. The van der Waals surface area contributed by atoms with Crippen LogP contribution in [-0.2, 0) is 4.79 Å². The lowest BCUT2D eigenvalue weighted by Gasteiger charge is -2.19. The number of amides is 1. The van der Waals surface area contributed by atoms with Gasteiger partial charge in [-0.05, 0) is 35.9 Å². The third-order valence-electron chi connectivity index (χ3n) is 3.29. The number of anilines is 2. The van der Waals surface area contributed by atoms with E-state index in [1.807, 2.05) is 67.5 Å². The Morgan fingerprint density at radius 2 is 1.76 bits per heavy atom. The second-order valence-corrected chi connectivity index (χ2v) is 5.05. The van der Waals surface area contributed by atoms with Gasteiger partial charge in [0.2, 0.25) is 0 Å². The summed E-state index contributed by atoms with van der Waals surface area (Å²) in [6.45, 7) is 0. The van der Waals surface area contributed by atoms with Crippen LogP contribution in [0.1, 0.15) is 5.56 Å². The lowest BCUT2D eigenvalue weighted by molar-refractivity contribution is -0.115. The van der Waals surface area contributed by atoms with Gasteiger partial charge in [-0.15, -0.1) is 0 Å². The van der Waals surface area contributed by atoms with Crippen molar-refractivity contribution in [2.24, 2.45) is 0 Å². The molecule has 3 rings (SSSR count). The topological polar surface area (TPSA) is 41.6 Å². The molecule has 2 aromatic rings. The van der Waals surface area contributed by atoms with E-state index in [9.17, 15) is 4.79 Å². The highest BCUT2D eigenvalue weighted by Crippen LogP contribution is 2.30. The monoisotopic (exact) mass is 280 g/mol. The van der Waals surface area contributed by atoms with Crippen LogP contribution in [0.3, 0.4) is 0 Å². The van der Waals surface area contributed by atoms with Crippen molar-refractivity contribution in [1.82, 2.24) is 0 Å². The quantitative estimate of drug-likeness (QED) is 0.859. The molecular weight excluding hydrogens is 264 g/mol. The summed E-state index contributed by atoms with van der Waals surface area (Å²) in [5.41, 5.74) is 2.73. The highest BCUT2D eigenvalue weighted by molar-refractivity contribution is 6.08. The summed E-state index contributed by atoms with van der Waals surface area (Å²) in [5, 5.41) is 2.82. The fraction of sp³-hybridized carbons (Fsp3) is 0.118. The van der Waals surface area contributed by atoms with Gasteiger partial charge in [0.05, 0.1) is 5.69 Å². The van der Waals surface area contributed by atoms with Crippen LogP contribution in [-0.4, -0.2) is 20.0 Å². The molecule has 1 heterocycles. The number of hydrogen-bond donors (Lipinski definition) is 1. The van der Waals surface area contributed by atoms with E-state index in [4.69, 9.17) is 4.74 Å². The number of hydrogen-bond acceptors (Lipinski definition) is 3. The second-order valence-electron chi connectivity index (χ2n) is 5.05. The molecule has 0 spiro atoms. The number of nitrogens with one attached hydrogen (secondary N) is 1. The number of carbonyl (C=O) groups excluding carboxylic acids is 1. The standard InChI is InChI=1S/C17H16N2O2/c1-19(2)13-9-7-12(8-10-13)11-16-17(20)18-14-5-3-4-6-15(14)21-16/h3-11H,1-2H3,(H,18,20). The lowest BCUT2D eigenvalue weighted by atomic mass is 10.1. The molecule has 4 nitrogen and oxygen atoms in total. The first-order valence-corrected chi connectivity index (χ1v) is 6.71. The van der Waals surface area contributed by atoms with Crippen molar-refractivity contribution < 1.29 is 9.53 Å². The summed E-state index contributed by atoms with van der Waals surface area (Å²) in [5.74, 6) is 0.727. The van der Waals surface area contributed by atoms with Crippen molar-refractivity contribution in [3.8, 4) is 5.75 Å².